The van der Waals surface area contributed by atoms with Crippen LogP contribution < -0.4 is 15.4 Å². The van der Waals surface area contributed by atoms with Crippen LogP contribution in [0, 0.1) is 0 Å². The number of benzene rings is 2. The van der Waals surface area contributed by atoms with Gasteiger partial charge in [0.25, 0.3) is 5.91 Å². The third-order valence-electron chi connectivity index (χ3n) is 4.55. The van der Waals surface area contributed by atoms with Crippen molar-refractivity contribution in [2.45, 2.75) is 19.0 Å². The van der Waals surface area contributed by atoms with Crippen LogP contribution in [-0.4, -0.2) is 36.4 Å². The lowest BCUT2D eigenvalue weighted by atomic mass is 9.92. The van der Waals surface area contributed by atoms with Gasteiger partial charge < -0.3 is 15.4 Å². The minimum absolute atomic E-state index is 0.273. The van der Waals surface area contributed by atoms with Gasteiger partial charge in [-0.05, 0) is 30.2 Å². The zero-order valence-electron chi connectivity index (χ0n) is 15.2. The molecule has 0 unspecified atom stereocenters. The van der Waals surface area contributed by atoms with Gasteiger partial charge in [-0.1, -0.05) is 42.5 Å². The van der Waals surface area contributed by atoms with E-state index < -0.39 is 23.4 Å². The quantitative estimate of drug-likeness (QED) is 0.762. The van der Waals surface area contributed by atoms with Gasteiger partial charge in [0, 0.05) is 6.54 Å². The highest BCUT2D eigenvalue weighted by Crippen LogP contribution is 2.28. The molecular weight excluding hydrogens is 346 g/mol. The highest BCUT2D eigenvalue weighted by atomic mass is 16.5. The van der Waals surface area contributed by atoms with Crippen LogP contribution in [0.15, 0.2) is 54.6 Å². The highest BCUT2D eigenvalue weighted by Gasteiger charge is 2.49. The molecule has 0 aliphatic carbocycles. The Kier molecular flexibility index (Phi) is 5.12. The van der Waals surface area contributed by atoms with Crippen molar-refractivity contribution in [2.75, 3.05) is 13.7 Å². The lowest BCUT2D eigenvalue weighted by Crippen LogP contribution is -2.43. The van der Waals surface area contributed by atoms with E-state index in [0.717, 1.165) is 10.5 Å². The van der Waals surface area contributed by atoms with E-state index in [1.807, 2.05) is 24.3 Å². The van der Waals surface area contributed by atoms with E-state index in [-0.39, 0.29) is 13.1 Å². The third kappa shape index (κ3) is 3.76. The lowest BCUT2D eigenvalue weighted by Gasteiger charge is -2.22. The molecule has 7 nitrogen and oxygen atoms in total. The zero-order chi connectivity index (χ0) is 19.4. The number of amides is 4. The van der Waals surface area contributed by atoms with Crippen molar-refractivity contribution in [2.24, 2.45) is 0 Å². The Bertz CT molecular complexity index is 869. The van der Waals surface area contributed by atoms with Gasteiger partial charge in [0.1, 0.15) is 17.8 Å². The summed E-state index contributed by atoms with van der Waals surface area (Å²) in [6.07, 6.45) is 0. The second kappa shape index (κ2) is 7.49. The number of methoxy groups -OCH3 is 1. The molecule has 1 atom stereocenters. The van der Waals surface area contributed by atoms with Crippen molar-refractivity contribution in [1.29, 1.82) is 0 Å². The first-order valence-corrected chi connectivity index (χ1v) is 8.53. The van der Waals surface area contributed by atoms with Crippen LogP contribution >= 0.6 is 0 Å². The van der Waals surface area contributed by atoms with Crippen molar-refractivity contribution < 1.29 is 19.1 Å². The molecule has 1 fully saturated rings. The fraction of sp³-hybridized carbons (Fsp3) is 0.250. The number of urea groups is 1. The van der Waals surface area contributed by atoms with E-state index in [2.05, 4.69) is 10.6 Å². The average molecular weight is 367 g/mol. The number of hydrogen-bond donors (Lipinski definition) is 2. The summed E-state index contributed by atoms with van der Waals surface area (Å²) in [4.78, 5) is 38.2. The number of ether oxygens (including phenoxy) is 1. The summed E-state index contributed by atoms with van der Waals surface area (Å²) in [6.45, 7) is 1.57. The number of hydrogen-bond acceptors (Lipinski definition) is 4. The van der Waals surface area contributed by atoms with Gasteiger partial charge in [-0.2, -0.15) is 0 Å². The Morgan fingerprint density at radius 2 is 1.89 bits per heavy atom. The van der Waals surface area contributed by atoms with Crippen LogP contribution in [0.1, 0.15) is 18.1 Å². The first-order chi connectivity index (χ1) is 12.9. The molecule has 3 rings (SSSR count). The topological polar surface area (TPSA) is 87.7 Å². The smallest absolute Gasteiger partial charge is 0.325 e. The third-order valence-corrected chi connectivity index (χ3v) is 4.55. The molecule has 4 amide bonds. The van der Waals surface area contributed by atoms with E-state index >= 15 is 0 Å². The second-order valence-electron chi connectivity index (χ2n) is 6.44. The van der Waals surface area contributed by atoms with Gasteiger partial charge in [-0.3, -0.25) is 14.5 Å². The molecule has 1 aliphatic heterocycles. The summed E-state index contributed by atoms with van der Waals surface area (Å²) in [7, 11) is 1.57. The summed E-state index contributed by atoms with van der Waals surface area (Å²) in [5, 5.41) is 5.40. The summed E-state index contributed by atoms with van der Waals surface area (Å²) < 4.78 is 5.14. The summed E-state index contributed by atoms with van der Waals surface area (Å²) in [5.74, 6) is -0.177. The van der Waals surface area contributed by atoms with E-state index in [1.54, 1.807) is 44.4 Å². The van der Waals surface area contributed by atoms with Gasteiger partial charge in [-0.25, -0.2) is 4.79 Å². The molecule has 0 aromatic heterocycles. The summed E-state index contributed by atoms with van der Waals surface area (Å²) in [6, 6.07) is 15.7. The maximum atomic E-state index is 12.8. The molecular formula is C20H21N3O4. The zero-order valence-corrected chi connectivity index (χ0v) is 15.2. The predicted molar refractivity (Wildman–Crippen MR) is 98.9 cm³/mol. The fourth-order valence-corrected chi connectivity index (χ4v) is 2.99. The molecule has 140 valence electrons. The molecule has 1 saturated heterocycles. The van der Waals surface area contributed by atoms with Gasteiger partial charge >= 0.3 is 6.03 Å². The molecule has 27 heavy (non-hydrogen) atoms. The van der Waals surface area contributed by atoms with Crippen LogP contribution in [0.2, 0.25) is 0 Å². The molecule has 2 aromatic rings. The molecule has 0 bridgehead atoms. The SMILES string of the molecule is COc1cccc(CNC(=O)CN2C(=O)N[C@@](C)(c3ccccc3)C2=O)c1. The Hall–Kier alpha value is -3.35. The maximum Gasteiger partial charge on any atom is 0.325 e. The van der Waals surface area contributed by atoms with Crippen LogP contribution in [0.25, 0.3) is 0 Å². The molecule has 0 saturated carbocycles. The van der Waals surface area contributed by atoms with Crippen molar-refractivity contribution >= 4 is 17.8 Å². The summed E-state index contributed by atoms with van der Waals surface area (Å²) >= 11 is 0. The first-order valence-electron chi connectivity index (χ1n) is 8.53. The minimum Gasteiger partial charge on any atom is -0.497 e. The average Bonchev–Trinajstić information content (AvgIpc) is 2.91. The van der Waals surface area contributed by atoms with Crippen LogP contribution in [0.4, 0.5) is 4.79 Å². The number of nitrogens with one attached hydrogen (secondary N) is 2. The number of rotatable bonds is 6. The Balaban J connectivity index is 1.64. The van der Waals surface area contributed by atoms with E-state index in [4.69, 9.17) is 4.74 Å². The molecule has 0 radical (unpaired) electrons. The normalized spacial score (nSPS) is 19.0. The van der Waals surface area contributed by atoms with E-state index in [9.17, 15) is 14.4 Å². The van der Waals surface area contributed by atoms with Crippen molar-refractivity contribution in [3.05, 3.63) is 65.7 Å². The highest BCUT2D eigenvalue weighted by molar-refractivity contribution is 6.09. The van der Waals surface area contributed by atoms with E-state index in [0.29, 0.717) is 11.3 Å². The second-order valence-corrected chi connectivity index (χ2v) is 6.44. The Morgan fingerprint density at radius 1 is 1.15 bits per heavy atom. The van der Waals surface area contributed by atoms with Gasteiger partial charge in [0.15, 0.2) is 0 Å². The van der Waals surface area contributed by atoms with Gasteiger partial charge in [0.2, 0.25) is 5.91 Å². The Labute approximate surface area is 157 Å². The molecule has 2 aromatic carbocycles. The monoisotopic (exact) mass is 367 g/mol. The largest absolute Gasteiger partial charge is 0.497 e. The number of carbonyl (C=O) groups excluding carboxylic acids is 3. The standard InChI is InChI=1S/C20H21N3O4/c1-20(15-8-4-3-5-9-15)18(25)23(19(26)22-20)13-17(24)21-12-14-7-6-10-16(11-14)27-2/h3-11H,12-13H2,1-2H3,(H,21,24)(H,22,26)/t20-/m0/s1. The lowest BCUT2D eigenvalue weighted by molar-refractivity contribution is -0.134. The summed E-state index contributed by atoms with van der Waals surface area (Å²) in [5.41, 5.74) is 0.350. The van der Waals surface area contributed by atoms with E-state index in [1.165, 1.54) is 0 Å². The molecule has 2 N–H and O–H groups in total. The maximum absolute atomic E-state index is 12.8. The number of nitrogens with zero attached hydrogens (tertiary/aromatic N) is 1. The van der Waals surface area contributed by atoms with Crippen LogP contribution in [0.5, 0.6) is 5.75 Å². The van der Waals surface area contributed by atoms with Crippen molar-refractivity contribution in [3.63, 3.8) is 0 Å². The van der Waals surface area contributed by atoms with Crippen LogP contribution in [-0.2, 0) is 21.7 Å². The molecule has 0 spiro atoms. The van der Waals surface area contributed by atoms with Crippen LogP contribution in [0.3, 0.4) is 0 Å². The Morgan fingerprint density at radius 3 is 2.59 bits per heavy atom. The molecule has 7 heteroatoms. The number of carbonyl (C=O) groups is 3. The van der Waals surface area contributed by atoms with Gasteiger partial charge in [-0.15, -0.1) is 0 Å². The first kappa shape index (κ1) is 18.4. The molecule has 1 heterocycles. The minimum atomic E-state index is -1.18. The molecule has 1 aliphatic rings. The fourth-order valence-electron chi connectivity index (χ4n) is 2.99. The predicted octanol–water partition coefficient (Wildman–Crippen LogP) is 1.78. The van der Waals surface area contributed by atoms with Crippen molar-refractivity contribution in [3.8, 4) is 5.75 Å². The number of imide groups is 1. The van der Waals surface area contributed by atoms with Gasteiger partial charge in [0.05, 0.1) is 7.11 Å². The van der Waals surface area contributed by atoms with Crippen molar-refractivity contribution in [1.82, 2.24) is 15.5 Å².